The number of carboxylic acids is 1. The molecule has 0 aromatic heterocycles. The van der Waals surface area contributed by atoms with E-state index >= 15 is 0 Å². The Morgan fingerprint density at radius 2 is 2.05 bits per heavy atom. The van der Waals surface area contributed by atoms with Gasteiger partial charge in [-0.15, -0.1) is 0 Å². The predicted molar refractivity (Wildman–Crippen MR) is 71.9 cm³/mol. The van der Waals surface area contributed by atoms with E-state index in [0.717, 1.165) is 19.4 Å². The third kappa shape index (κ3) is 3.61. The molecule has 5 nitrogen and oxygen atoms in total. The second-order valence-electron chi connectivity index (χ2n) is 5.88. The number of carbonyl (C=O) groups is 2. The smallest absolute Gasteiger partial charge is 0.317 e. The monoisotopic (exact) mass is 268 g/mol. The van der Waals surface area contributed by atoms with E-state index in [1.165, 1.54) is 19.3 Å². The van der Waals surface area contributed by atoms with Crippen LogP contribution in [0.25, 0.3) is 0 Å². The summed E-state index contributed by atoms with van der Waals surface area (Å²) in [5, 5.41) is 11.6. The zero-order chi connectivity index (χ0) is 13.8. The minimum absolute atomic E-state index is 0.00714. The van der Waals surface area contributed by atoms with Crippen molar-refractivity contribution in [2.24, 2.45) is 5.92 Å². The maximum Gasteiger partial charge on any atom is 0.317 e. The summed E-state index contributed by atoms with van der Waals surface area (Å²) >= 11 is 0. The highest BCUT2D eigenvalue weighted by Gasteiger charge is 2.38. The van der Waals surface area contributed by atoms with Gasteiger partial charge >= 0.3 is 12.0 Å². The molecule has 1 saturated carbocycles. The molecule has 2 amide bonds. The van der Waals surface area contributed by atoms with Crippen molar-refractivity contribution in [3.63, 3.8) is 0 Å². The van der Waals surface area contributed by atoms with Crippen molar-refractivity contribution in [2.75, 3.05) is 6.54 Å². The van der Waals surface area contributed by atoms with Gasteiger partial charge in [0.25, 0.3) is 0 Å². The van der Waals surface area contributed by atoms with Crippen molar-refractivity contribution in [1.29, 1.82) is 0 Å². The topological polar surface area (TPSA) is 69.6 Å². The van der Waals surface area contributed by atoms with Crippen LogP contribution in [0.3, 0.4) is 0 Å². The average Bonchev–Trinajstić information content (AvgIpc) is 2.80. The van der Waals surface area contributed by atoms with E-state index in [1.807, 2.05) is 11.8 Å². The van der Waals surface area contributed by atoms with Crippen LogP contribution in [0, 0.1) is 5.92 Å². The number of likely N-dealkylation sites (tertiary alicyclic amines) is 1. The number of amides is 2. The Balaban J connectivity index is 1.81. The number of rotatable bonds is 4. The number of fused-ring (bicyclic) bond motifs is 1. The molecule has 1 aliphatic carbocycles. The molecule has 0 aromatic carbocycles. The molecule has 5 heteroatoms. The summed E-state index contributed by atoms with van der Waals surface area (Å²) in [4.78, 5) is 24.7. The van der Waals surface area contributed by atoms with Gasteiger partial charge in [-0.25, -0.2) is 4.79 Å². The summed E-state index contributed by atoms with van der Waals surface area (Å²) in [6.07, 6.45) is 6.62. The first-order chi connectivity index (χ1) is 9.08. The van der Waals surface area contributed by atoms with E-state index in [0.29, 0.717) is 18.4 Å². The van der Waals surface area contributed by atoms with Gasteiger partial charge in [-0.2, -0.15) is 0 Å². The highest BCUT2D eigenvalue weighted by molar-refractivity contribution is 5.75. The number of hydrogen-bond donors (Lipinski definition) is 2. The lowest BCUT2D eigenvalue weighted by Crippen LogP contribution is -2.47. The van der Waals surface area contributed by atoms with Gasteiger partial charge in [0.2, 0.25) is 0 Å². The molecular weight excluding hydrogens is 244 g/mol. The fraction of sp³-hybridized carbons (Fsp3) is 0.857. The van der Waals surface area contributed by atoms with Crippen LogP contribution >= 0.6 is 0 Å². The number of aliphatic carboxylic acids is 1. The molecule has 0 spiro atoms. The Morgan fingerprint density at radius 3 is 2.79 bits per heavy atom. The minimum atomic E-state index is -0.811. The summed E-state index contributed by atoms with van der Waals surface area (Å²) in [5.74, 6) is -0.122. The normalized spacial score (nSPS) is 27.7. The van der Waals surface area contributed by atoms with Crippen molar-refractivity contribution >= 4 is 12.0 Å². The molecule has 2 aliphatic rings. The molecule has 1 saturated heterocycles. The van der Waals surface area contributed by atoms with Crippen molar-refractivity contribution in [2.45, 2.75) is 64.0 Å². The number of nitrogens with one attached hydrogen (secondary N) is 1. The molecule has 2 N–H and O–H groups in total. The van der Waals surface area contributed by atoms with E-state index in [9.17, 15) is 9.59 Å². The Bertz CT molecular complexity index is 346. The Kier molecular flexibility index (Phi) is 4.66. The molecule has 0 radical (unpaired) electrons. The van der Waals surface area contributed by atoms with Gasteiger partial charge < -0.3 is 15.3 Å². The molecular formula is C14H24N2O3. The van der Waals surface area contributed by atoms with Crippen LogP contribution in [0.2, 0.25) is 0 Å². The van der Waals surface area contributed by atoms with Crippen molar-refractivity contribution in [1.82, 2.24) is 10.2 Å². The lowest BCUT2D eigenvalue weighted by molar-refractivity contribution is -0.137. The number of urea groups is 1. The standard InChI is InChI=1S/C14H24N2O3/c1-10(6-7-13(17)18)15-14(19)16-9-8-11-4-2-3-5-12(11)16/h10-12H,2-9H2,1H3,(H,15,19)(H,17,18). The molecule has 1 heterocycles. The third-order valence-electron chi connectivity index (χ3n) is 4.43. The summed E-state index contributed by atoms with van der Waals surface area (Å²) in [6.45, 7) is 2.72. The lowest BCUT2D eigenvalue weighted by Gasteiger charge is -2.32. The third-order valence-corrected chi connectivity index (χ3v) is 4.43. The maximum atomic E-state index is 12.2. The fourth-order valence-corrected chi connectivity index (χ4v) is 3.36. The van der Waals surface area contributed by atoms with Gasteiger partial charge in [-0.05, 0) is 38.5 Å². The predicted octanol–water partition coefficient (Wildman–Crippen LogP) is 2.21. The maximum absolute atomic E-state index is 12.2. The van der Waals surface area contributed by atoms with E-state index in [1.54, 1.807) is 0 Å². The molecule has 2 rings (SSSR count). The van der Waals surface area contributed by atoms with Crippen LogP contribution in [-0.2, 0) is 4.79 Å². The second-order valence-corrected chi connectivity index (χ2v) is 5.88. The summed E-state index contributed by atoms with van der Waals surface area (Å²) < 4.78 is 0. The van der Waals surface area contributed by atoms with Gasteiger partial charge in [-0.3, -0.25) is 4.79 Å². The largest absolute Gasteiger partial charge is 0.481 e. The molecule has 0 aromatic rings. The van der Waals surface area contributed by atoms with Gasteiger partial charge in [-0.1, -0.05) is 12.8 Å². The van der Waals surface area contributed by atoms with Crippen LogP contribution in [0.5, 0.6) is 0 Å². The van der Waals surface area contributed by atoms with Crippen LogP contribution in [0.4, 0.5) is 4.79 Å². The number of carboxylic acid groups (broad SMARTS) is 1. The molecule has 0 bridgehead atoms. The van der Waals surface area contributed by atoms with E-state index < -0.39 is 5.97 Å². The Labute approximate surface area is 114 Å². The molecule has 2 fully saturated rings. The molecule has 1 aliphatic heterocycles. The quantitative estimate of drug-likeness (QED) is 0.821. The second kappa shape index (κ2) is 6.26. The lowest BCUT2D eigenvalue weighted by atomic mass is 9.85. The fourth-order valence-electron chi connectivity index (χ4n) is 3.36. The van der Waals surface area contributed by atoms with Gasteiger partial charge in [0.15, 0.2) is 0 Å². The summed E-state index contributed by atoms with van der Waals surface area (Å²) in [6, 6.07) is 0.332. The van der Waals surface area contributed by atoms with E-state index in [2.05, 4.69) is 5.32 Å². The molecule has 3 unspecified atom stereocenters. The van der Waals surface area contributed by atoms with Crippen molar-refractivity contribution < 1.29 is 14.7 Å². The highest BCUT2D eigenvalue weighted by Crippen LogP contribution is 2.36. The first kappa shape index (κ1) is 14.2. The molecule has 19 heavy (non-hydrogen) atoms. The van der Waals surface area contributed by atoms with Crippen LogP contribution in [0.15, 0.2) is 0 Å². The Morgan fingerprint density at radius 1 is 1.32 bits per heavy atom. The molecule has 3 atom stereocenters. The van der Waals surface area contributed by atoms with Crippen LogP contribution in [-0.4, -0.2) is 40.6 Å². The van der Waals surface area contributed by atoms with Crippen molar-refractivity contribution in [3.05, 3.63) is 0 Å². The number of hydrogen-bond acceptors (Lipinski definition) is 2. The SMILES string of the molecule is CC(CCC(=O)O)NC(=O)N1CCC2CCCCC21. The average molecular weight is 268 g/mol. The zero-order valence-corrected chi connectivity index (χ0v) is 11.6. The van der Waals surface area contributed by atoms with Crippen molar-refractivity contribution in [3.8, 4) is 0 Å². The van der Waals surface area contributed by atoms with Crippen LogP contribution < -0.4 is 5.32 Å². The number of carbonyl (C=O) groups excluding carboxylic acids is 1. The van der Waals surface area contributed by atoms with Crippen LogP contribution in [0.1, 0.15) is 51.9 Å². The van der Waals surface area contributed by atoms with Gasteiger partial charge in [0.1, 0.15) is 0 Å². The van der Waals surface area contributed by atoms with Gasteiger partial charge in [0.05, 0.1) is 0 Å². The van der Waals surface area contributed by atoms with E-state index in [4.69, 9.17) is 5.11 Å². The first-order valence-electron chi connectivity index (χ1n) is 7.37. The zero-order valence-electron chi connectivity index (χ0n) is 11.6. The molecule has 108 valence electrons. The summed E-state index contributed by atoms with van der Waals surface area (Å²) in [7, 11) is 0. The first-order valence-corrected chi connectivity index (χ1v) is 7.37. The summed E-state index contributed by atoms with van der Waals surface area (Å²) in [5.41, 5.74) is 0. The minimum Gasteiger partial charge on any atom is -0.481 e. The number of nitrogens with zero attached hydrogens (tertiary/aromatic N) is 1. The van der Waals surface area contributed by atoms with Gasteiger partial charge in [0, 0.05) is 25.0 Å². The Hall–Kier alpha value is -1.26. The van der Waals surface area contributed by atoms with E-state index in [-0.39, 0.29) is 18.5 Å². The highest BCUT2D eigenvalue weighted by atomic mass is 16.4.